The summed E-state index contributed by atoms with van der Waals surface area (Å²) >= 11 is 6.05. The van der Waals surface area contributed by atoms with E-state index in [-0.39, 0.29) is 5.91 Å². The first-order valence-electron chi connectivity index (χ1n) is 5.43. The lowest BCUT2D eigenvalue weighted by atomic mass is 10.2. The highest BCUT2D eigenvalue weighted by Gasteiger charge is 2.14. The minimum atomic E-state index is -0.178. The summed E-state index contributed by atoms with van der Waals surface area (Å²) in [6, 6.07) is 7.44. The first-order chi connectivity index (χ1) is 8.68. The number of nitrogens with zero attached hydrogens (tertiary/aromatic N) is 3. The van der Waals surface area contributed by atoms with Gasteiger partial charge in [0, 0.05) is 31.0 Å². The number of amides is 1. The Morgan fingerprint density at radius 3 is 2.78 bits per heavy atom. The Balaban J connectivity index is 2.11. The number of hydrogen-bond acceptors (Lipinski definition) is 3. The molecule has 0 fully saturated rings. The molecule has 0 unspecified atom stereocenters. The van der Waals surface area contributed by atoms with E-state index in [0.717, 1.165) is 5.56 Å². The summed E-state index contributed by atoms with van der Waals surface area (Å²) in [7, 11) is 1.71. The fourth-order valence-corrected chi connectivity index (χ4v) is 1.75. The predicted molar refractivity (Wildman–Crippen MR) is 69.3 cm³/mol. The highest BCUT2D eigenvalue weighted by molar-refractivity contribution is 6.31. The third-order valence-electron chi connectivity index (χ3n) is 2.49. The molecule has 1 heterocycles. The van der Waals surface area contributed by atoms with Gasteiger partial charge < -0.3 is 4.90 Å². The van der Waals surface area contributed by atoms with Gasteiger partial charge in [-0.3, -0.25) is 9.78 Å². The first kappa shape index (κ1) is 12.5. The van der Waals surface area contributed by atoms with Crippen molar-refractivity contribution in [1.29, 1.82) is 0 Å². The van der Waals surface area contributed by atoms with Crippen LogP contribution in [0, 0.1) is 0 Å². The van der Waals surface area contributed by atoms with Gasteiger partial charge in [-0.25, -0.2) is 4.98 Å². The first-order valence-corrected chi connectivity index (χ1v) is 5.81. The average Bonchev–Trinajstić information content (AvgIpc) is 2.41. The van der Waals surface area contributed by atoms with Crippen molar-refractivity contribution in [3.05, 3.63) is 59.1 Å². The van der Waals surface area contributed by atoms with Crippen LogP contribution in [0.3, 0.4) is 0 Å². The maximum absolute atomic E-state index is 12.0. The zero-order valence-corrected chi connectivity index (χ0v) is 10.6. The third kappa shape index (κ3) is 2.84. The zero-order valence-electron chi connectivity index (χ0n) is 9.88. The standard InChI is InChI=1S/C13H12ClN3O/c1-17(9-10-4-2-3-5-11(10)14)13(18)12-8-15-6-7-16-12/h2-8H,9H2,1H3. The van der Waals surface area contributed by atoms with Crippen molar-refractivity contribution >= 4 is 17.5 Å². The van der Waals surface area contributed by atoms with E-state index in [2.05, 4.69) is 9.97 Å². The molecule has 0 bridgehead atoms. The van der Waals surface area contributed by atoms with Gasteiger partial charge in [-0.1, -0.05) is 29.8 Å². The predicted octanol–water partition coefficient (Wildman–Crippen LogP) is 2.40. The lowest BCUT2D eigenvalue weighted by Gasteiger charge is -2.17. The van der Waals surface area contributed by atoms with Gasteiger partial charge in [0.05, 0.1) is 6.20 Å². The third-order valence-corrected chi connectivity index (χ3v) is 2.86. The Labute approximate surface area is 110 Å². The molecule has 18 heavy (non-hydrogen) atoms. The van der Waals surface area contributed by atoms with Gasteiger partial charge in [-0.05, 0) is 11.6 Å². The molecule has 0 saturated carbocycles. The maximum Gasteiger partial charge on any atom is 0.274 e. The number of hydrogen-bond donors (Lipinski definition) is 0. The molecule has 4 nitrogen and oxygen atoms in total. The summed E-state index contributed by atoms with van der Waals surface area (Å²) in [6.45, 7) is 0.440. The minimum absolute atomic E-state index is 0.178. The molecule has 1 aromatic heterocycles. The fraction of sp³-hybridized carbons (Fsp3) is 0.154. The SMILES string of the molecule is CN(Cc1ccccc1Cl)C(=O)c1cnccn1. The van der Waals surface area contributed by atoms with Gasteiger partial charge in [0.15, 0.2) is 0 Å². The summed E-state index contributed by atoms with van der Waals surface area (Å²) in [5.74, 6) is -0.178. The van der Waals surface area contributed by atoms with Crippen LogP contribution in [-0.2, 0) is 6.54 Å². The molecule has 0 aliphatic heterocycles. The van der Waals surface area contributed by atoms with E-state index in [1.54, 1.807) is 18.0 Å². The molecule has 0 aliphatic carbocycles. The number of rotatable bonds is 3. The molecule has 1 aromatic carbocycles. The Hall–Kier alpha value is -1.94. The van der Waals surface area contributed by atoms with Gasteiger partial charge in [-0.2, -0.15) is 0 Å². The zero-order chi connectivity index (χ0) is 13.0. The molecule has 0 atom stereocenters. The summed E-state index contributed by atoms with van der Waals surface area (Å²) in [5, 5.41) is 0.649. The van der Waals surface area contributed by atoms with Crippen LogP contribution in [0.25, 0.3) is 0 Å². The Morgan fingerprint density at radius 1 is 1.33 bits per heavy atom. The highest BCUT2D eigenvalue weighted by Crippen LogP contribution is 2.16. The van der Waals surface area contributed by atoms with E-state index in [1.165, 1.54) is 18.6 Å². The molecule has 1 amide bonds. The molecule has 2 rings (SSSR count). The van der Waals surface area contributed by atoms with Crippen LogP contribution >= 0.6 is 11.6 Å². The topological polar surface area (TPSA) is 46.1 Å². The molecular formula is C13H12ClN3O. The number of carbonyl (C=O) groups is 1. The van der Waals surface area contributed by atoms with Crippen molar-refractivity contribution in [2.45, 2.75) is 6.54 Å². The van der Waals surface area contributed by atoms with Gasteiger partial charge >= 0.3 is 0 Å². The number of aromatic nitrogens is 2. The Morgan fingerprint density at radius 2 is 2.11 bits per heavy atom. The van der Waals surface area contributed by atoms with Gasteiger partial charge in [-0.15, -0.1) is 0 Å². The largest absolute Gasteiger partial charge is 0.336 e. The van der Waals surface area contributed by atoms with Crippen LogP contribution in [0.5, 0.6) is 0 Å². The Bertz CT molecular complexity index is 545. The molecule has 2 aromatic rings. The number of benzene rings is 1. The van der Waals surface area contributed by atoms with Gasteiger partial charge in [0.1, 0.15) is 5.69 Å². The van der Waals surface area contributed by atoms with Crippen molar-refractivity contribution in [1.82, 2.24) is 14.9 Å². The molecule has 0 radical (unpaired) electrons. The second-order valence-corrected chi connectivity index (χ2v) is 4.25. The second-order valence-electron chi connectivity index (χ2n) is 3.84. The van der Waals surface area contributed by atoms with Crippen LogP contribution in [0.15, 0.2) is 42.9 Å². The molecule has 5 heteroatoms. The van der Waals surface area contributed by atoms with E-state index in [0.29, 0.717) is 17.3 Å². The van der Waals surface area contributed by atoms with Crippen LogP contribution in [0.2, 0.25) is 5.02 Å². The minimum Gasteiger partial charge on any atom is -0.336 e. The number of halogens is 1. The van der Waals surface area contributed by atoms with Crippen molar-refractivity contribution in [3.8, 4) is 0 Å². The Kier molecular flexibility index (Phi) is 3.89. The van der Waals surface area contributed by atoms with Crippen LogP contribution in [0.4, 0.5) is 0 Å². The van der Waals surface area contributed by atoms with Gasteiger partial charge in [0.25, 0.3) is 5.91 Å². The lowest BCUT2D eigenvalue weighted by Crippen LogP contribution is -2.27. The molecule has 0 N–H and O–H groups in total. The molecule has 0 aliphatic rings. The molecular weight excluding hydrogens is 250 g/mol. The van der Waals surface area contributed by atoms with E-state index in [1.807, 2.05) is 18.2 Å². The quantitative estimate of drug-likeness (QED) is 0.852. The van der Waals surface area contributed by atoms with Crippen LogP contribution < -0.4 is 0 Å². The number of carbonyl (C=O) groups excluding carboxylic acids is 1. The smallest absolute Gasteiger partial charge is 0.274 e. The van der Waals surface area contributed by atoms with Crippen molar-refractivity contribution in [2.24, 2.45) is 0 Å². The summed E-state index contributed by atoms with van der Waals surface area (Å²) < 4.78 is 0. The van der Waals surface area contributed by atoms with E-state index in [4.69, 9.17) is 11.6 Å². The fourth-order valence-electron chi connectivity index (χ4n) is 1.56. The van der Waals surface area contributed by atoms with Crippen molar-refractivity contribution in [3.63, 3.8) is 0 Å². The van der Waals surface area contributed by atoms with E-state index in [9.17, 15) is 4.79 Å². The van der Waals surface area contributed by atoms with Crippen LogP contribution in [-0.4, -0.2) is 27.8 Å². The summed E-state index contributed by atoms with van der Waals surface area (Å²) in [5.41, 5.74) is 1.23. The molecule has 0 saturated heterocycles. The second kappa shape index (κ2) is 5.60. The van der Waals surface area contributed by atoms with E-state index >= 15 is 0 Å². The average molecular weight is 262 g/mol. The maximum atomic E-state index is 12.0. The lowest BCUT2D eigenvalue weighted by molar-refractivity contribution is 0.0779. The summed E-state index contributed by atoms with van der Waals surface area (Å²) in [6.07, 6.45) is 4.48. The monoisotopic (exact) mass is 261 g/mol. The molecule has 92 valence electrons. The van der Waals surface area contributed by atoms with Crippen molar-refractivity contribution in [2.75, 3.05) is 7.05 Å². The van der Waals surface area contributed by atoms with Crippen LogP contribution in [0.1, 0.15) is 16.1 Å². The van der Waals surface area contributed by atoms with E-state index < -0.39 is 0 Å². The molecule has 0 spiro atoms. The summed E-state index contributed by atoms with van der Waals surface area (Å²) in [4.78, 5) is 21.5. The normalized spacial score (nSPS) is 10.1. The van der Waals surface area contributed by atoms with Gasteiger partial charge in [0.2, 0.25) is 0 Å². The highest BCUT2D eigenvalue weighted by atomic mass is 35.5. The van der Waals surface area contributed by atoms with Crippen molar-refractivity contribution < 1.29 is 4.79 Å².